The second kappa shape index (κ2) is 5.62. The fourth-order valence-corrected chi connectivity index (χ4v) is 3.90. The third kappa shape index (κ3) is 2.63. The van der Waals surface area contributed by atoms with Gasteiger partial charge in [-0.1, -0.05) is 45.8 Å². The Balaban J connectivity index is 1.98. The standard InChI is InChI=1S/C16H14BrNOS/c1-11-5-7-14(8-6-11)18-15(19)10-20-16(18)12-3-2-4-13(17)9-12/h2-9,16H,10H2,1H3/t16-/m1/s1. The van der Waals surface area contributed by atoms with Gasteiger partial charge in [0.05, 0.1) is 5.75 Å². The van der Waals surface area contributed by atoms with E-state index in [0.29, 0.717) is 5.75 Å². The van der Waals surface area contributed by atoms with Crippen LogP contribution in [-0.2, 0) is 4.79 Å². The average molecular weight is 348 g/mol. The summed E-state index contributed by atoms with van der Waals surface area (Å²) in [6, 6.07) is 16.3. The second-order valence-corrected chi connectivity index (χ2v) is 6.80. The van der Waals surface area contributed by atoms with E-state index in [1.807, 2.05) is 41.3 Å². The van der Waals surface area contributed by atoms with E-state index in [4.69, 9.17) is 0 Å². The molecule has 102 valence electrons. The molecule has 1 atom stereocenters. The third-order valence-electron chi connectivity index (χ3n) is 3.31. The minimum Gasteiger partial charge on any atom is -0.295 e. The average Bonchev–Trinajstić information content (AvgIpc) is 2.82. The fourth-order valence-electron chi connectivity index (χ4n) is 2.32. The van der Waals surface area contributed by atoms with Gasteiger partial charge in [0.1, 0.15) is 5.37 Å². The van der Waals surface area contributed by atoms with E-state index >= 15 is 0 Å². The predicted molar refractivity (Wildman–Crippen MR) is 88.0 cm³/mol. The number of rotatable bonds is 2. The maximum absolute atomic E-state index is 12.2. The Morgan fingerprint density at radius 3 is 2.65 bits per heavy atom. The molecule has 1 fully saturated rings. The summed E-state index contributed by atoms with van der Waals surface area (Å²) in [7, 11) is 0. The van der Waals surface area contributed by atoms with Crippen molar-refractivity contribution in [2.24, 2.45) is 0 Å². The van der Waals surface area contributed by atoms with Crippen LogP contribution in [0.5, 0.6) is 0 Å². The molecule has 0 N–H and O–H groups in total. The van der Waals surface area contributed by atoms with Crippen LogP contribution in [0, 0.1) is 6.92 Å². The quantitative estimate of drug-likeness (QED) is 0.794. The number of aryl methyl sites for hydroxylation is 1. The number of hydrogen-bond donors (Lipinski definition) is 0. The second-order valence-electron chi connectivity index (χ2n) is 4.82. The molecule has 20 heavy (non-hydrogen) atoms. The van der Waals surface area contributed by atoms with Gasteiger partial charge in [-0.15, -0.1) is 11.8 Å². The number of carbonyl (C=O) groups excluding carboxylic acids is 1. The Bertz CT molecular complexity index is 641. The molecule has 2 aromatic carbocycles. The van der Waals surface area contributed by atoms with Crippen LogP contribution >= 0.6 is 27.7 Å². The Labute approximate surface area is 131 Å². The topological polar surface area (TPSA) is 20.3 Å². The van der Waals surface area contributed by atoms with Gasteiger partial charge in [-0.3, -0.25) is 9.69 Å². The Hall–Kier alpha value is -1.26. The number of nitrogens with zero attached hydrogens (tertiary/aromatic N) is 1. The van der Waals surface area contributed by atoms with E-state index in [2.05, 4.69) is 35.0 Å². The molecule has 0 aromatic heterocycles. The van der Waals surface area contributed by atoms with Gasteiger partial charge < -0.3 is 0 Å². The van der Waals surface area contributed by atoms with Crippen LogP contribution < -0.4 is 4.90 Å². The fraction of sp³-hybridized carbons (Fsp3) is 0.188. The zero-order valence-electron chi connectivity index (χ0n) is 11.0. The molecule has 0 aliphatic carbocycles. The summed E-state index contributed by atoms with van der Waals surface area (Å²) in [5.41, 5.74) is 3.32. The number of halogens is 1. The summed E-state index contributed by atoms with van der Waals surface area (Å²) in [5.74, 6) is 0.703. The lowest BCUT2D eigenvalue weighted by atomic mass is 10.1. The predicted octanol–water partition coefficient (Wildman–Crippen LogP) is 4.54. The van der Waals surface area contributed by atoms with E-state index in [-0.39, 0.29) is 11.3 Å². The van der Waals surface area contributed by atoms with Crippen molar-refractivity contribution in [3.63, 3.8) is 0 Å². The summed E-state index contributed by atoms with van der Waals surface area (Å²) < 4.78 is 1.04. The van der Waals surface area contributed by atoms with Crippen LogP contribution in [0.2, 0.25) is 0 Å². The number of hydrogen-bond acceptors (Lipinski definition) is 2. The van der Waals surface area contributed by atoms with Crippen molar-refractivity contribution in [2.45, 2.75) is 12.3 Å². The first-order valence-corrected chi connectivity index (χ1v) is 8.25. The van der Waals surface area contributed by atoms with E-state index in [9.17, 15) is 4.79 Å². The van der Waals surface area contributed by atoms with Crippen molar-refractivity contribution in [1.29, 1.82) is 0 Å². The summed E-state index contributed by atoms with van der Waals surface area (Å²) in [6.45, 7) is 2.05. The van der Waals surface area contributed by atoms with Crippen molar-refractivity contribution >= 4 is 39.3 Å². The highest BCUT2D eigenvalue weighted by Gasteiger charge is 2.33. The number of carbonyl (C=O) groups is 1. The molecule has 1 aliphatic rings. The van der Waals surface area contributed by atoms with Gasteiger partial charge in [-0.05, 0) is 36.8 Å². The monoisotopic (exact) mass is 347 g/mol. The highest BCUT2D eigenvalue weighted by molar-refractivity contribution is 9.10. The number of benzene rings is 2. The lowest BCUT2D eigenvalue weighted by molar-refractivity contribution is -0.115. The summed E-state index contributed by atoms with van der Waals surface area (Å²) >= 11 is 5.17. The van der Waals surface area contributed by atoms with Gasteiger partial charge in [0.15, 0.2) is 0 Å². The van der Waals surface area contributed by atoms with E-state index < -0.39 is 0 Å². The van der Waals surface area contributed by atoms with Crippen molar-refractivity contribution in [3.05, 3.63) is 64.1 Å². The molecule has 3 rings (SSSR count). The van der Waals surface area contributed by atoms with Crippen LogP contribution in [0.4, 0.5) is 5.69 Å². The minimum absolute atomic E-state index is 0.0581. The number of thioether (sulfide) groups is 1. The highest BCUT2D eigenvalue weighted by Crippen LogP contribution is 2.42. The van der Waals surface area contributed by atoms with Crippen molar-refractivity contribution in [3.8, 4) is 0 Å². The molecule has 0 saturated carbocycles. The van der Waals surface area contributed by atoms with Gasteiger partial charge >= 0.3 is 0 Å². The number of anilines is 1. The molecule has 0 unspecified atom stereocenters. The van der Waals surface area contributed by atoms with Gasteiger partial charge in [0.25, 0.3) is 0 Å². The Morgan fingerprint density at radius 1 is 1.20 bits per heavy atom. The van der Waals surface area contributed by atoms with Gasteiger partial charge in [-0.2, -0.15) is 0 Å². The zero-order chi connectivity index (χ0) is 14.1. The molecule has 1 heterocycles. The van der Waals surface area contributed by atoms with E-state index in [0.717, 1.165) is 15.7 Å². The summed E-state index contributed by atoms with van der Waals surface area (Å²) in [4.78, 5) is 14.1. The maximum atomic E-state index is 12.2. The smallest absolute Gasteiger partial charge is 0.238 e. The highest BCUT2D eigenvalue weighted by atomic mass is 79.9. The third-order valence-corrected chi connectivity index (χ3v) is 5.02. The Kier molecular flexibility index (Phi) is 3.85. The first kappa shape index (κ1) is 13.7. The zero-order valence-corrected chi connectivity index (χ0v) is 13.4. The molecule has 0 spiro atoms. The largest absolute Gasteiger partial charge is 0.295 e. The summed E-state index contributed by atoms with van der Waals surface area (Å²) in [5, 5.41) is 0.0581. The van der Waals surface area contributed by atoms with Gasteiger partial charge in [0, 0.05) is 10.2 Å². The molecule has 1 amide bonds. The van der Waals surface area contributed by atoms with Crippen molar-refractivity contribution in [1.82, 2.24) is 0 Å². The lowest BCUT2D eigenvalue weighted by Crippen LogP contribution is -2.27. The molecular weight excluding hydrogens is 334 g/mol. The lowest BCUT2D eigenvalue weighted by Gasteiger charge is -2.24. The SMILES string of the molecule is Cc1ccc(N2C(=O)CS[C@@H]2c2cccc(Br)c2)cc1. The van der Waals surface area contributed by atoms with Crippen LogP contribution in [-0.4, -0.2) is 11.7 Å². The van der Waals surface area contributed by atoms with Crippen LogP contribution in [0.3, 0.4) is 0 Å². The first-order valence-electron chi connectivity index (χ1n) is 6.41. The summed E-state index contributed by atoms with van der Waals surface area (Å²) in [6.07, 6.45) is 0. The van der Waals surface area contributed by atoms with Gasteiger partial charge in [0.2, 0.25) is 5.91 Å². The Morgan fingerprint density at radius 2 is 1.95 bits per heavy atom. The van der Waals surface area contributed by atoms with Crippen molar-refractivity contribution < 1.29 is 4.79 Å². The van der Waals surface area contributed by atoms with Crippen LogP contribution in [0.15, 0.2) is 53.0 Å². The molecule has 1 aliphatic heterocycles. The molecule has 0 radical (unpaired) electrons. The molecular formula is C16H14BrNOS. The van der Waals surface area contributed by atoms with E-state index in [1.165, 1.54) is 5.56 Å². The molecule has 4 heteroatoms. The van der Waals surface area contributed by atoms with Gasteiger partial charge in [-0.25, -0.2) is 0 Å². The normalized spacial score (nSPS) is 18.6. The molecule has 2 aromatic rings. The molecule has 2 nitrogen and oxygen atoms in total. The molecule has 0 bridgehead atoms. The first-order chi connectivity index (χ1) is 9.65. The molecule has 1 saturated heterocycles. The van der Waals surface area contributed by atoms with Crippen LogP contribution in [0.25, 0.3) is 0 Å². The van der Waals surface area contributed by atoms with E-state index in [1.54, 1.807) is 11.8 Å². The van der Waals surface area contributed by atoms with Crippen molar-refractivity contribution in [2.75, 3.05) is 10.7 Å². The maximum Gasteiger partial charge on any atom is 0.238 e. The minimum atomic E-state index is 0.0581. The number of amides is 1. The van der Waals surface area contributed by atoms with Crippen LogP contribution in [0.1, 0.15) is 16.5 Å².